The molecule has 0 spiro atoms. The molecule has 0 atom stereocenters. The molecule has 76 valence electrons. The summed E-state index contributed by atoms with van der Waals surface area (Å²) in [6, 6.07) is 6.52. The maximum absolute atomic E-state index is 5.98. The topological polar surface area (TPSA) is 9.23 Å². The van der Waals surface area contributed by atoms with Gasteiger partial charge in [0.25, 0.3) is 0 Å². The standard InChI is InChI=1S/C13H18O/c1-4-6-10-7-5-8-11-9-13(2,3)14-12(10)11/h5,7-8H,4,6,9H2,1-3H3. The van der Waals surface area contributed by atoms with Crippen LogP contribution in [-0.2, 0) is 12.8 Å². The Kier molecular flexibility index (Phi) is 2.26. The highest BCUT2D eigenvalue weighted by molar-refractivity contribution is 5.45. The van der Waals surface area contributed by atoms with Crippen molar-refractivity contribution in [2.45, 2.75) is 45.6 Å². The molecule has 1 aliphatic heterocycles. The fourth-order valence-electron chi connectivity index (χ4n) is 2.15. The SMILES string of the molecule is CCCc1cccc2c1OC(C)(C)C2. The summed E-state index contributed by atoms with van der Waals surface area (Å²) in [5, 5.41) is 0. The molecule has 1 nitrogen and oxygen atoms in total. The van der Waals surface area contributed by atoms with Crippen molar-refractivity contribution < 1.29 is 4.74 Å². The molecule has 0 amide bonds. The molecule has 0 aromatic heterocycles. The summed E-state index contributed by atoms with van der Waals surface area (Å²) in [5.41, 5.74) is 2.74. The number of fused-ring (bicyclic) bond motifs is 1. The lowest BCUT2D eigenvalue weighted by molar-refractivity contribution is 0.137. The minimum atomic E-state index is -0.00776. The highest BCUT2D eigenvalue weighted by Crippen LogP contribution is 2.37. The smallest absolute Gasteiger partial charge is 0.126 e. The molecule has 0 saturated carbocycles. The number of benzene rings is 1. The first-order chi connectivity index (χ1) is 6.62. The van der Waals surface area contributed by atoms with E-state index in [0.717, 1.165) is 18.6 Å². The van der Waals surface area contributed by atoms with Crippen LogP contribution in [0.5, 0.6) is 5.75 Å². The third kappa shape index (κ3) is 1.63. The van der Waals surface area contributed by atoms with Crippen molar-refractivity contribution in [2.75, 3.05) is 0 Å². The first-order valence-corrected chi connectivity index (χ1v) is 5.42. The van der Waals surface area contributed by atoms with Crippen LogP contribution in [0, 0.1) is 0 Å². The van der Waals surface area contributed by atoms with Gasteiger partial charge in [-0.3, -0.25) is 0 Å². The molecule has 0 fully saturated rings. The van der Waals surface area contributed by atoms with Crippen LogP contribution >= 0.6 is 0 Å². The Balaban J connectivity index is 2.36. The van der Waals surface area contributed by atoms with E-state index in [-0.39, 0.29) is 5.60 Å². The van der Waals surface area contributed by atoms with E-state index in [1.54, 1.807) is 0 Å². The van der Waals surface area contributed by atoms with E-state index >= 15 is 0 Å². The zero-order valence-electron chi connectivity index (χ0n) is 9.26. The Labute approximate surface area is 86.1 Å². The number of hydrogen-bond acceptors (Lipinski definition) is 1. The summed E-state index contributed by atoms with van der Waals surface area (Å²) in [4.78, 5) is 0. The zero-order valence-corrected chi connectivity index (χ0v) is 9.26. The van der Waals surface area contributed by atoms with Crippen molar-refractivity contribution in [1.29, 1.82) is 0 Å². The van der Waals surface area contributed by atoms with E-state index in [1.165, 1.54) is 17.5 Å². The molecule has 1 heterocycles. The van der Waals surface area contributed by atoms with Gasteiger partial charge in [0.05, 0.1) is 0 Å². The summed E-state index contributed by atoms with van der Waals surface area (Å²) in [6.45, 7) is 6.52. The van der Waals surface area contributed by atoms with Crippen LogP contribution in [0.3, 0.4) is 0 Å². The molecular weight excluding hydrogens is 172 g/mol. The highest BCUT2D eigenvalue weighted by atomic mass is 16.5. The second-order valence-corrected chi connectivity index (χ2v) is 4.69. The van der Waals surface area contributed by atoms with Gasteiger partial charge in [-0.25, -0.2) is 0 Å². The molecule has 0 aliphatic carbocycles. The Morgan fingerprint density at radius 2 is 2.14 bits per heavy atom. The molecule has 1 heteroatoms. The van der Waals surface area contributed by atoms with Gasteiger partial charge in [0.15, 0.2) is 0 Å². The molecule has 1 aliphatic rings. The largest absolute Gasteiger partial charge is 0.487 e. The van der Waals surface area contributed by atoms with Crippen LogP contribution in [0.25, 0.3) is 0 Å². The quantitative estimate of drug-likeness (QED) is 0.695. The third-order valence-corrected chi connectivity index (χ3v) is 2.69. The lowest BCUT2D eigenvalue weighted by atomic mass is 9.99. The minimum absolute atomic E-state index is 0.00776. The van der Waals surface area contributed by atoms with Crippen LogP contribution in [-0.4, -0.2) is 5.60 Å². The Bertz CT molecular complexity index is 339. The van der Waals surface area contributed by atoms with Gasteiger partial charge < -0.3 is 4.74 Å². The predicted molar refractivity (Wildman–Crippen MR) is 58.8 cm³/mol. The maximum Gasteiger partial charge on any atom is 0.126 e. The van der Waals surface area contributed by atoms with E-state index in [1.807, 2.05) is 0 Å². The van der Waals surface area contributed by atoms with E-state index < -0.39 is 0 Å². The predicted octanol–water partition coefficient (Wildman–Crippen LogP) is 3.35. The van der Waals surface area contributed by atoms with Crippen molar-refractivity contribution in [3.05, 3.63) is 29.3 Å². The fourth-order valence-corrected chi connectivity index (χ4v) is 2.15. The van der Waals surface area contributed by atoms with Crippen LogP contribution in [0.1, 0.15) is 38.3 Å². The Hall–Kier alpha value is -0.980. The fraction of sp³-hybridized carbons (Fsp3) is 0.538. The first kappa shape index (κ1) is 9.57. The van der Waals surface area contributed by atoms with Crippen LogP contribution in [0.4, 0.5) is 0 Å². The second-order valence-electron chi connectivity index (χ2n) is 4.69. The van der Waals surface area contributed by atoms with Crippen molar-refractivity contribution in [3.8, 4) is 5.75 Å². The van der Waals surface area contributed by atoms with Crippen molar-refractivity contribution >= 4 is 0 Å². The third-order valence-electron chi connectivity index (χ3n) is 2.69. The summed E-state index contributed by atoms with van der Waals surface area (Å²) in [6.07, 6.45) is 3.35. The summed E-state index contributed by atoms with van der Waals surface area (Å²) >= 11 is 0. The summed E-state index contributed by atoms with van der Waals surface area (Å²) in [5.74, 6) is 1.15. The van der Waals surface area contributed by atoms with Gasteiger partial charge in [0.1, 0.15) is 11.4 Å². The van der Waals surface area contributed by atoms with Crippen molar-refractivity contribution in [3.63, 3.8) is 0 Å². The van der Waals surface area contributed by atoms with Gasteiger partial charge >= 0.3 is 0 Å². The number of para-hydroxylation sites is 1. The second kappa shape index (κ2) is 3.30. The average molecular weight is 190 g/mol. The van der Waals surface area contributed by atoms with E-state index in [0.29, 0.717) is 0 Å². The molecule has 0 bridgehead atoms. The molecule has 1 aromatic rings. The first-order valence-electron chi connectivity index (χ1n) is 5.42. The monoisotopic (exact) mass is 190 g/mol. The lowest BCUT2D eigenvalue weighted by Gasteiger charge is -2.18. The number of hydrogen-bond donors (Lipinski definition) is 0. The normalized spacial score (nSPS) is 17.6. The number of aryl methyl sites for hydroxylation is 1. The van der Waals surface area contributed by atoms with Crippen molar-refractivity contribution in [1.82, 2.24) is 0 Å². The summed E-state index contributed by atoms with van der Waals surface area (Å²) < 4.78 is 5.98. The lowest BCUT2D eigenvalue weighted by Crippen LogP contribution is -2.24. The van der Waals surface area contributed by atoms with Gasteiger partial charge in [-0.2, -0.15) is 0 Å². The molecule has 0 unspecified atom stereocenters. The Morgan fingerprint density at radius 3 is 2.86 bits per heavy atom. The van der Waals surface area contributed by atoms with Gasteiger partial charge in [-0.1, -0.05) is 31.5 Å². The van der Waals surface area contributed by atoms with Crippen molar-refractivity contribution in [2.24, 2.45) is 0 Å². The van der Waals surface area contributed by atoms with Gasteiger partial charge in [-0.05, 0) is 31.4 Å². The molecule has 14 heavy (non-hydrogen) atoms. The molecule has 0 radical (unpaired) electrons. The number of rotatable bonds is 2. The minimum Gasteiger partial charge on any atom is -0.487 e. The van der Waals surface area contributed by atoms with Gasteiger partial charge in [0, 0.05) is 6.42 Å². The molecule has 0 N–H and O–H groups in total. The average Bonchev–Trinajstić information content (AvgIpc) is 2.41. The van der Waals surface area contributed by atoms with Gasteiger partial charge in [-0.15, -0.1) is 0 Å². The van der Waals surface area contributed by atoms with Crippen LogP contribution in [0.15, 0.2) is 18.2 Å². The summed E-state index contributed by atoms with van der Waals surface area (Å²) in [7, 11) is 0. The van der Waals surface area contributed by atoms with E-state index in [2.05, 4.69) is 39.0 Å². The molecular formula is C13H18O. The molecule has 2 rings (SSSR count). The van der Waals surface area contributed by atoms with Gasteiger partial charge in [0.2, 0.25) is 0 Å². The van der Waals surface area contributed by atoms with Crippen LogP contribution < -0.4 is 4.74 Å². The van der Waals surface area contributed by atoms with Crippen LogP contribution in [0.2, 0.25) is 0 Å². The number of ether oxygens (including phenoxy) is 1. The van der Waals surface area contributed by atoms with E-state index in [9.17, 15) is 0 Å². The zero-order chi connectivity index (χ0) is 10.2. The molecule has 0 saturated heterocycles. The highest BCUT2D eigenvalue weighted by Gasteiger charge is 2.31. The Morgan fingerprint density at radius 1 is 1.36 bits per heavy atom. The molecule has 1 aromatic carbocycles. The van der Waals surface area contributed by atoms with E-state index in [4.69, 9.17) is 4.74 Å². The maximum atomic E-state index is 5.98.